The molecule has 0 bridgehead atoms. The fourth-order valence-electron chi connectivity index (χ4n) is 3.45. The van der Waals surface area contributed by atoms with Crippen LogP contribution in [0.3, 0.4) is 0 Å². The van der Waals surface area contributed by atoms with Crippen LogP contribution in [0, 0.1) is 11.7 Å². The zero-order chi connectivity index (χ0) is 15.7. The zero-order valence-electron chi connectivity index (χ0n) is 12.7. The van der Waals surface area contributed by atoms with E-state index in [0.717, 1.165) is 19.4 Å². The lowest BCUT2D eigenvalue weighted by molar-refractivity contribution is 0.233. The van der Waals surface area contributed by atoms with Crippen molar-refractivity contribution in [3.8, 4) is 0 Å². The first-order chi connectivity index (χ1) is 10.5. The van der Waals surface area contributed by atoms with Crippen molar-refractivity contribution in [3.63, 3.8) is 0 Å². The minimum absolute atomic E-state index is 0. The summed E-state index contributed by atoms with van der Waals surface area (Å²) in [6, 6.07) is 4.61. The lowest BCUT2D eigenvalue weighted by atomic mass is 9.89. The quantitative estimate of drug-likeness (QED) is 0.873. The zero-order valence-corrected chi connectivity index (χ0v) is 15.1. The maximum Gasteiger partial charge on any atom is 0.246 e. The van der Waals surface area contributed by atoms with E-state index in [-0.39, 0.29) is 22.3 Å². The molecule has 130 valence electrons. The summed E-state index contributed by atoms with van der Waals surface area (Å²) in [5, 5.41) is 3.32. The van der Waals surface area contributed by atoms with Crippen molar-refractivity contribution in [1.82, 2.24) is 9.62 Å². The SMILES string of the molecule is Cl.O=S(=O)(c1cccc(Cl)c1F)N1CCC(C2CCCN2)CC1. The first-order valence-corrected chi connectivity index (χ1v) is 9.49. The van der Waals surface area contributed by atoms with Crippen LogP contribution >= 0.6 is 24.0 Å². The van der Waals surface area contributed by atoms with Crippen molar-refractivity contribution in [2.45, 2.75) is 36.6 Å². The van der Waals surface area contributed by atoms with E-state index in [2.05, 4.69) is 5.32 Å². The van der Waals surface area contributed by atoms with Crippen molar-refractivity contribution in [2.24, 2.45) is 5.92 Å². The van der Waals surface area contributed by atoms with Gasteiger partial charge in [0.2, 0.25) is 10.0 Å². The number of nitrogens with zero attached hydrogens (tertiary/aromatic N) is 1. The van der Waals surface area contributed by atoms with Crippen LogP contribution in [0.2, 0.25) is 5.02 Å². The lowest BCUT2D eigenvalue weighted by Crippen LogP contribution is -2.43. The molecule has 0 aromatic heterocycles. The Morgan fingerprint density at radius 3 is 2.52 bits per heavy atom. The molecule has 1 aromatic rings. The van der Waals surface area contributed by atoms with Crippen molar-refractivity contribution in [2.75, 3.05) is 19.6 Å². The van der Waals surface area contributed by atoms with Gasteiger partial charge in [-0.2, -0.15) is 4.31 Å². The molecular formula is C15H21Cl2FN2O2S. The van der Waals surface area contributed by atoms with Crippen LogP contribution in [0.4, 0.5) is 4.39 Å². The number of piperidine rings is 1. The van der Waals surface area contributed by atoms with Crippen LogP contribution < -0.4 is 5.32 Å². The van der Waals surface area contributed by atoms with E-state index in [1.54, 1.807) is 0 Å². The maximum absolute atomic E-state index is 14.0. The van der Waals surface area contributed by atoms with E-state index in [1.165, 1.54) is 35.3 Å². The highest BCUT2D eigenvalue weighted by molar-refractivity contribution is 7.89. The van der Waals surface area contributed by atoms with Crippen molar-refractivity contribution in [3.05, 3.63) is 29.0 Å². The Labute approximate surface area is 147 Å². The number of sulfonamides is 1. The van der Waals surface area contributed by atoms with Crippen LogP contribution in [0.25, 0.3) is 0 Å². The summed E-state index contributed by atoms with van der Waals surface area (Å²) < 4.78 is 40.6. The Morgan fingerprint density at radius 2 is 1.91 bits per heavy atom. The molecule has 2 aliphatic heterocycles. The van der Waals surface area contributed by atoms with E-state index in [9.17, 15) is 12.8 Å². The fourth-order valence-corrected chi connectivity index (χ4v) is 5.24. The van der Waals surface area contributed by atoms with E-state index in [0.29, 0.717) is 25.0 Å². The van der Waals surface area contributed by atoms with Crippen LogP contribution in [-0.2, 0) is 10.0 Å². The minimum atomic E-state index is -3.81. The molecule has 2 aliphatic rings. The van der Waals surface area contributed by atoms with Gasteiger partial charge < -0.3 is 5.32 Å². The summed E-state index contributed by atoms with van der Waals surface area (Å²) in [5.74, 6) is -0.345. The van der Waals surface area contributed by atoms with E-state index in [4.69, 9.17) is 11.6 Å². The predicted molar refractivity (Wildman–Crippen MR) is 91.2 cm³/mol. The van der Waals surface area contributed by atoms with Gasteiger partial charge >= 0.3 is 0 Å². The van der Waals surface area contributed by atoms with E-state index < -0.39 is 15.8 Å². The summed E-state index contributed by atoms with van der Waals surface area (Å²) in [7, 11) is -3.81. The summed E-state index contributed by atoms with van der Waals surface area (Å²) in [5.41, 5.74) is 0. The Hall–Kier alpha value is -0.400. The second-order valence-corrected chi connectivity index (χ2v) is 8.31. The van der Waals surface area contributed by atoms with Crippen molar-refractivity contribution >= 4 is 34.0 Å². The number of hydrogen-bond acceptors (Lipinski definition) is 3. The molecule has 3 rings (SSSR count). The molecule has 8 heteroatoms. The Balaban J connectivity index is 0.00000192. The molecule has 1 atom stereocenters. The molecule has 2 heterocycles. The van der Waals surface area contributed by atoms with Gasteiger partial charge in [-0.25, -0.2) is 12.8 Å². The minimum Gasteiger partial charge on any atom is -0.314 e. The average Bonchev–Trinajstić information content (AvgIpc) is 3.04. The largest absolute Gasteiger partial charge is 0.314 e. The molecule has 1 N–H and O–H groups in total. The Kier molecular flexibility index (Phi) is 6.30. The highest BCUT2D eigenvalue weighted by atomic mass is 35.5. The summed E-state index contributed by atoms with van der Waals surface area (Å²) in [4.78, 5) is -0.322. The third-order valence-corrected chi connectivity index (χ3v) is 6.91. The normalized spacial score (nSPS) is 23.7. The van der Waals surface area contributed by atoms with Gasteiger partial charge in [-0.05, 0) is 50.3 Å². The van der Waals surface area contributed by atoms with Crippen LogP contribution in [-0.4, -0.2) is 38.4 Å². The van der Waals surface area contributed by atoms with Gasteiger partial charge in [-0.3, -0.25) is 0 Å². The van der Waals surface area contributed by atoms with Crippen LogP contribution in [0.5, 0.6) is 0 Å². The van der Waals surface area contributed by atoms with Gasteiger partial charge in [0, 0.05) is 19.1 Å². The second kappa shape index (κ2) is 7.66. The Morgan fingerprint density at radius 1 is 1.22 bits per heavy atom. The number of rotatable bonds is 3. The van der Waals surface area contributed by atoms with Crippen LogP contribution in [0.1, 0.15) is 25.7 Å². The summed E-state index contributed by atoms with van der Waals surface area (Å²) >= 11 is 5.70. The molecule has 0 amide bonds. The molecule has 0 spiro atoms. The lowest BCUT2D eigenvalue weighted by Gasteiger charge is -2.34. The molecule has 0 radical (unpaired) electrons. The molecule has 2 saturated heterocycles. The van der Waals surface area contributed by atoms with Crippen molar-refractivity contribution in [1.29, 1.82) is 0 Å². The first-order valence-electron chi connectivity index (χ1n) is 7.67. The topological polar surface area (TPSA) is 49.4 Å². The predicted octanol–water partition coefficient (Wildman–Crippen LogP) is 3.05. The van der Waals surface area contributed by atoms with Gasteiger partial charge in [0.1, 0.15) is 4.90 Å². The molecule has 0 aliphatic carbocycles. The number of hydrogen-bond donors (Lipinski definition) is 1. The monoisotopic (exact) mass is 382 g/mol. The Bertz CT molecular complexity index is 643. The molecule has 1 aromatic carbocycles. The van der Waals surface area contributed by atoms with E-state index >= 15 is 0 Å². The highest BCUT2D eigenvalue weighted by Crippen LogP contribution is 2.30. The van der Waals surface area contributed by atoms with Crippen LogP contribution in [0.15, 0.2) is 23.1 Å². The molecule has 4 nitrogen and oxygen atoms in total. The fraction of sp³-hybridized carbons (Fsp3) is 0.600. The molecular weight excluding hydrogens is 362 g/mol. The summed E-state index contributed by atoms with van der Waals surface area (Å²) in [6.45, 7) is 1.94. The third kappa shape index (κ3) is 3.82. The van der Waals surface area contributed by atoms with Gasteiger partial charge in [-0.15, -0.1) is 12.4 Å². The summed E-state index contributed by atoms with van der Waals surface area (Å²) in [6.07, 6.45) is 4.00. The third-order valence-electron chi connectivity index (χ3n) is 4.70. The first kappa shape index (κ1) is 18.9. The molecule has 1 unspecified atom stereocenters. The highest BCUT2D eigenvalue weighted by Gasteiger charge is 2.34. The maximum atomic E-state index is 14.0. The van der Waals surface area contributed by atoms with Gasteiger partial charge in [0.25, 0.3) is 0 Å². The van der Waals surface area contributed by atoms with Gasteiger partial charge in [0.15, 0.2) is 5.82 Å². The average molecular weight is 383 g/mol. The molecule has 0 saturated carbocycles. The number of nitrogens with one attached hydrogen (secondary N) is 1. The van der Waals surface area contributed by atoms with Crippen molar-refractivity contribution < 1.29 is 12.8 Å². The molecule has 2 fully saturated rings. The molecule has 23 heavy (non-hydrogen) atoms. The number of benzene rings is 1. The smallest absolute Gasteiger partial charge is 0.246 e. The van der Waals surface area contributed by atoms with Gasteiger partial charge in [-0.1, -0.05) is 17.7 Å². The van der Waals surface area contributed by atoms with E-state index in [1.807, 2.05) is 0 Å². The number of halogens is 3. The van der Waals surface area contributed by atoms with Gasteiger partial charge in [0.05, 0.1) is 5.02 Å². The standard InChI is InChI=1S/C15H20ClFN2O2S.ClH/c16-12-3-1-5-14(15(12)17)22(20,21)19-9-6-11(7-10-19)13-4-2-8-18-13;/h1,3,5,11,13,18H,2,4,6-10H2;1H. The second-order valence-electron chi connectivity index (χ2n) is 6.00.